The van der Waals surface area contributed by atoms with E-state index in [9.17, 15) is 18.0 Å². The Hall–Kier alpha value is -2.71. The summed E-state index contributed by atoms with van der Waals surface area (Å²) in [7, 11) is -2.34. The van der Waals surface area contributed by atoms with Crippen molar-refractivity contribution in [3.05, 3.63) is 59.2 Å². The molecule has 144 valence electrons. The smallest absolute Gasteiger partial charge is 0.321 e. The Morgan fingerprint density at radius 3 is 2.33 bits per heavy atom. The molecule has 0 saturated heterocycles. The Morgan fingerprint density at radius 1 is 1.07 bits per heavy atom. The summed E-state index contributed by atoms with van der Waals surface area (Å²) in [6, 6.07) is 11.1. The normalized spacial score (nSPS) is 11.1. The minimum Gasteiger partial charge on any atom is -0.496 e. The number of methoxy groups -OCH3 is 1. The topological polar surface area (TPSA) is 98.8 Å². The van der Waals surface area contributed by atoms with Crippen LogP contribution in [-0.4, -0.2) is 33.8 Å². The number of ether oxygens (including phenoxy) is 2. The van der Waals surface area contributed by atoms with Gasteiger partial charge in [0.25, 0.3) is 0 Å². The lowest BCUT2D eigenvalue weighted by Gasteiger charge is -2.11. The molecule has 0 atom stereocenters. The first kappa shape index (κ1) is 20.6. The van der Waals surface area contributed by atoms with E-state index in [0.29, 0.717) is 16.9 Å². The summed E-state index contributed by atoms with van der Waals surface area (Å²) in [5, 5.41) is 0. The minimum absolute atomic E-state index is 0.0664. The summed E-state index contributed by atoms with van der Waals surface area (Å²) < 4.78 is 36.8. The zero-order valence-electron chi connectivity index (χ0n) is 15.3. The maximum absolute atomic E-state index is 12.2. The van der Waals surface area contributed by atoms with Gasteiger partial charge in [-0.05, 0) is 44.2 Å². The summed E-state index contributed by atoms with van der Waals surface area (Å²) in [5.41, 5.74) is 1.90. The monoisotopic (exact) mass is 391 g/mol. The van der Waals surface area contributed by atoms with Crippen LogP contribution in [0.25, 0.3) is 0 Å². The molecule has 2 aromatic rings. The third-order valence-corrected chi connectivity index (χ3v) is 5.23. The Bertz CT molecular complexity index is 935. The van der Waals surface area contributed by atoms with Crippen LogP contribution in [-0.2, 0) is 26.2 Å². The first-order valence-electron chi connectivity index (χ1n) is 8.13. The highest BCUT2D eigenvalue weighted by Crippen LogP contribution is 2.21. The summed E-state index contributed by atoms with van der Waals surface area (Å²) in [5.74, 6) is -0.412. The molecule has 0 unspecified atom stereocenters. The van der Waals surface area contributed by atoms with E-state index in [4.69, 9.17) is 9.47 Å². The molecule has 7 nitrogen and oxygen atoms in total. The molecule has 8 heteroatoms. The molecular weight excluding hydrogens is 370 g/mol. The summed E-state index contributed by atoms with van der Waals surface area (Å²) in [6.45, 7) is 2.62. The lowest BCUT2D eigenvalue weighted by atomic mass is 10.1. The van der Waals surface area contributed by atoms with E-state index in [1.807, 2.05) is 6.92 Å². The number of sulfonamides is 1. The Kier molecular flexibility index (Phi) is 6.70. The van der Waals surface area contributed by atoms with Gasteiger partial charge in [-0.15, -0.1) is 0 Å². The summed E-state index contributed by atoms with van der Waals surface area (Å²) >= 11 is 0. The molecular formula is C19H21NO6S. The molecule has 0 aromatic heterocycles. The highest BCUT2D eigenvalue weighted by atomic mass is 32.2. The van der Waals surface area contributed by atoms with Crippen molar-refractivity contribution in [3.8, 4) is 5.75 Å². The highest BCUT2D eigenvalue weighted by molar-refractivity contribution is 7.89. The van der Waals surface area contributed by atoms with Crippen molar-refractivity contribution in [1.29, 1.82) is 0 Å². The van der Waals surface area contributed by atoms with Crippen LogP contribution in [0.1, 0.15) is 28.4 Å². The van der Waals surface area contributed by atoms with Gasteiger partial charge >= 0.3 is 5.97 Å². The average molecular weight is 391 g/mol. The van der Waals surface area contributed by atoms with Gasteiger partial charge in [0, 0.05) is 11.1 Å². The van der Waals surface area contributed by atoms with Gasteiger partial charge in [0.2, 0.25) is 10.0 Å². The van der Waals surface area contributed by atoms with Crippen molar-refractivity contribution in [3.63, 3.8) is 0 Å². The maximum Gasteiger partial charge on any atom is 0.321 e. The van der Waals surface area contributed by atoms with Crippen LogP contribution >= 0.6 is 0 Å². The fourth-order valence-corrected chi connectivity index (χ4v) is 3.24. The van der Waals surface area contributed by atoms with Gasteiger partial charge in [-0.1, -0.05) is 17.7 Å². The molecule has 0 aliphatic heterocycles. The van der Waals surface area contributed by atoms with E-state index in [0.717, 1.165) is 5.56 Å². The average Bonchev–Trinajstić information content (AvgIpc) is 2.64. The first-order chi connectivity index (χ1) is 12.7. The number of hydrogen-bond donors (Lipinski definition) is 1. The van der Waals surface area contributed by atoms with Crippen molar-refractivity contribution >= 4 is 21.8 Å². The molecule has 0 fully saturated rings. The highest BCUT2D eigenvalue weighted by Gasteiger charge is 2.16. The molecule has 2 rings (SSSR count). The Balaban J connectivity index is 1.97. The van der Waals surface area contributed by atoms with Crippen LogP contribution in [0.15, 0.2) is 47.4 Å². The molecule has 0 bridgehead atoms. The van der Waals surface area contributed by atoms with Gasteiger partial charge in [0.1, 0.15) is 18.9 Å². The van der Waals surface area contributed by atoms with E-state index in [1.165, 1.54) is 26.2 Å². The lowest BCUT2D eigenvalue weighted by Crippen LogP contribution is -2.30. The van der Waals surface area contributed by atoms with Crippen molar-refractivity contribution in [1.82, 2.24) is 4.72 Å². The Labute approximate surface area is 158 Å². The Morgan fingerprint density at radius 2 is 1.74 bits per heavy atom. The molecule has 2 aromatic carbocycles. The van der Waals surface area contributed by atoms with Crippen LogP contribution in [0.2, 0.25) is 0 Å². The molecule has 0 spiro atoms. The van der Waals surface area contributed by atoms with Gasteiger partial charge in [-0.2, -0.15) is 4.72 Å². The lowest BCUT2D eigenvalue weighted by molar-refractivity contribution is -0.143. The number of nitrogens with one attached hydrogen (secondary N) is 1. The SMILES string of the molecule is COc1ccc(C(C)=O)cc1COC(=O)CNS(=O)(=O)c1ccc(C)cc1. The van der Waals surface area contributed by atoms with E-state index in [-0.39, 0.29) is 17.3 Å². The minimum atomic E-state index is -3.81. The van der Waals surface area contributed by atoms with E-state index >= 15 is 0 Å². The van der Waals surface area contributed by atoms with Gasteiger partial charge in [-0.3, -0.25) is 9.59 Å². The van der Waals surface area contributed by atoms with Crippen molar-refractivity contribution < 1.29 is 27.5 Å². The molecule has 0 saturated carbocycles. The van der Waals surface area contributed by atoms with Crippen molar-refractivity contribution in [2.24, 2.45) is 0 Å². The zero-order chi connectivity index (χ0) is 20.0. The second-order valence-electron chi connectivity index (χ2n) is 5.88. The number of aryl methyl sites for hydroxylation is 1. The molecule has 0 radical (unpaired) electrons. The molecule has 0 aliphatic rings. The fourth-order valence-electron chi connectivity index (χ4n) is 2.27. The summed E-state index contributed by atoms with van der Waals surface area (Å²) in [4.78, 5) is 23.5. The first-order valence-corrected chi connectivity index (χ1v) is 9.61. The number of Topliss-reactive ketones (excluding diaryl/α,β-unsaturated/α-hetero) is 1. The predicted molar refractivity (Wildman–Crippen MR) is 99.2 cm³/mol. The second-order valence-corrected chi connectivity index (χ2v) is 7.65. The fraction of sp³-hybridized carbons (Fsp3) is 0.263. The van der Waals surface area contributed by atoms with Gasteiger partial charge in [-0.25, -0.2) is 8.42 Å². The quantitative estimate of drug-likeness (QED) is 0.547. The number of benzene rings is 2. The number of carbonyl (C=O) groups is 2. The number of rotatable bonds is 8. The second kappa shape index (κ2) is 8.79. The number of hydrogen-bond acceptors (Lipinski definition) is 6. The van der Waals surface area contributed by atoms with Gasteiger partial charge in [0.15, 0.2) is 5.78 Å². The molecule has 0 amide bonds. The van der Waals surface area contributed by atoms with Gasteiger partial charge < -0.3 is 9.47 Å². The standard InChI is InChI=1S/C19H21NO6S/c1-13-4-7-17(8-5-13)27(23,24)20-11-19(22)26-12-16-10-15(14(2)21)6-9-18(16)25-3/h4-10,20H,11-12H2,1-3H3. The molecule has 0 aliphatic carbocycles. The van der Waals surface area contributed by atoms with E-state index in [1.54, 1.807) is 30.3 Å². The van der Waals surface area contributed by atoms with Gasteiger partial charge in [0.05, 0.1) is 12.0 Å². The summed E-state index contributed by atoms with van der Waals surface area (Å²) in [6.07, 6.45) is 0. The van der Waals surface area contributed by atoms with Crippen molar-refractivity contribution in [2.45, 2.75) is 25.3 Å². The van der Waals surface area contributed by atoms with E-state index < -0.39 is 22.5 Å². The molecule has 27 heavy (non-hydrogen) atoms. The third-order valence-electron chi connectivity index (χ3n) is 3.81. The zero-order valence-corrected chi connectivity index (χ0v) is 16.1. The number of esters is 1. The maximum atomic E-state index is 12.2. The number of ketones is 1. The predicted octanol–water partition coefficient (Wildman–Crippen LogP) is 2.23. The largest absolute Gasteiger partial charge is 0.496 e. The van der Waals surface area contributed by atoms with Crippen LogP contribution in [0.5, 0.6) is 5.75 Å². The molecule has 1 N–H and O–H groups in total. The third kappa shape index (κ3) is 5.63. The van der Waals surface area contributed by atoms with E-state index in [2.05, 4.69) is 4.72 Å². The van der Waals surface area contributed by atoms with Crippen LogP contribution < -0.4 is 9.46 Å². The number of carbonyl (C=O) groups excluding carboxylic acids is 2. The molecule has 0 heterocycles. The van der Waals surface area contributed by atoms with Crippen molar-refractivity contribution in [2.75, 3.05) is 13.7 Å². The van der Waals surface area contributed by atoms with Crippen LogP contribution in [0.3, 0.4) is 0 Å². The van der Waals surface area contributed by atoms with Crippen LogP contribution in [0.4, 0.5) is 0 Å². The van der Waals surface area contributed by atoms with Crippen LogP contribution in [0, 0.1) is 6.92 Å².